The van der Waals surface area contributed by atoms with E-state index < -0.39 is 4.92 Å². The first kappa shape index (κ1) is 19.4. The van der Waals surface area contributed by atoms with Crippen LogP contribution < -0.4 is 0 Å². The van der Waals surface area contributed by atoms with Gasteiger partial charge in [0.15, 0.2) is 0 Å². The average molecular weight is 378 g/mol. The van der Waals surface area contributed by atoms with Crippen LogP contribution in [-0.2, 0) is 11.3 Å². The highest BCUT2D eigenvalue weighted by atomic mass is 16.6. The standard InChI is InChI=1S/C22H22N2O4/c1-4-28-22(25)21-16(3)23(14-17-8-6-5-7-9-17)15(2)20(21)18-10-12-19(13-11-18)24(26)27/h5-13H,4,14H2,1-3H3. The Balaban J connectivity index is 2.15. The molecule has 0 aliphatic carbocycles. The summed E-state index contributed by atoms with van der Waals surface area (Å²) in [5.74, 6) is -0.386. The number of benzene rings is 2. The first-order valence-electron chi connectivity index (χ1n) is 9.09. The molecule has 0 bridgehead atoms. The van der Waals surface area contributed by atoms with Gasteiger partial charge in [-0.1, -0.05) is 30.3 Å². The molecule has 0 radical (unpaired) electrons. The van der Waals surface area contributed by atoms with Crippen LogP contribution in [0.5, 0.6) is 0 Å². The SMILES string of the molecule is CCOC(=O)c1c(-c2ccc([N+](=O)[O-])cc2)c(C)n(Cc2ccccc2)c1C. The summed E-state index contributed by atoms with van der Waals surface area (Å²) >= 11 is 0. The second kappa shape index (κ2) is 8.08. The topological polar surface area (TPSA) is 74.4 Å². The first-order valence-corrected chi connectivity index (χ1v) is 9.09. The Bertz CT molecular complexity index is 1010. The minimum absolute atomic E-state index is 0.0135. The predicted octanol–water partition coefficient (Wildman–Crippen LogP) is 4.91. The zero-order valence-electron chi connectivity index (χ0n) is 16.1. The molecule has 0 fully saturated rings. The van der Waals surface area contributed by atoms with Gasteiger partial charge in [-0.3, -0.25) is 10.1 Å². The number of non-ortho nitro benzene ring substituents is 1. The second-order valence-corrected chi connectivity index (χ2v) is 6.52. The normalized spacial score (nSPS) is 10.7. The zero-order chi connectivity index (χ0) is 20.3. The number of rotatable bonds is 6. The molecule has 0 spiro atoms. The molecule has 0 N–H and O–H groups in total. The molecular formula is C22H22N2O4. The number of ether oxygens (including phenoxy) is 1. The predicted molar refractivity (Wildman–Crippen MR) is 107 cm³/mol. The molecule has 0 atom stereocenters. The lowest BCUT2D eigenvalue weighted by Crippen LogP contribution is -2.08. The van der Waals surface area contributed by atoms with Gasteiger partial charge in [-0.25, -0.2) is 4.79 Å². The highest BCUT2D eigenvalue weighted by Crippen LogP contribution is 2.34. The maximum atomic E-state index is 12.7. The van der Waals surface area contributed by atoms with Crippen LogP contribution in [0.25, 0.3) is 11.1 Å². The van der Waals surface area contributed by atoms with E-state index in [0.717, 1.165) is 28.1 Å². The molecule has 0 saturated carbocycles. The van der Waals surface area contributed by atoms with Gasteiger partial charge in [-0.15, -0.1) is 0 Å². The van der Waals surface area contributed by atoms with Crippen molar-refractivity contribution in [3.63, 3.8) is 0 Å². The summed E-state index contributed by atoms with van der Waals surface area (Å²) in [6.45, 7) is 6.53. The van der Waals surface area contributed by atoms with Crippen LogP contribution in [0.3, 0.4) is 0 Å². The minimum Gasteiger partial charge on any atom is -0.462 e. The molecule has 28 heavy (non-hydrogen) atoms. The molecule has 0 saturated heterocycles. The monoisotopic (exact) mass is 378 g/mol. The molecule has 3 rings (SSSR count). The fourth-order valence-electron chi connectivity index (χ4n) is 3.44. The molecular weight excluding hydrogens is 356 g/mol. The van der Waals surface area contributed by atoms with Crippen LogP contribution in [0.15, 0.2) is 54.6 Å². The minimum atomic E-state index is -0.436. The number of esters is 1. The van der Waals surface area contributed by atoms with Gasteiger partial charge in [-0.05, 0) is 44.0 Å². The Kier molecular flexibility index (Phi) is 5.59. The number of carbonyl (C=O) groups excluding carboxylic acids is 1. The van der Waals surface area contributed by atoms with Gasteiger partial charge in [0.05, 0.1) is 17.1 Å². The van der Waals surface area contributed by atoms with E-state index in [1.807, 2.05) is 44.2 Å². The number of hydrogen-bond donors (Lipinski definition) is 0. The Morgan fingerprint density at radius 2 is 1.68 bits per heavy atom. The summed E-state index contributed by atoms with van der Waals surface area (Å²) in [6.07, 6.45) is 0. The van der Waals surface area contributed by atoms with Crippen molar-refractivity contribution in [2.75, 3.05) is 6.61 Å². The molecule has 0 aliphatic heterocycles. The summed E-state index contributed by atoms with van der Waals surface area (Å²) in [7, 11) is 0. The molecule has 3 aromatic rings. The number of nitro groups is 1. The number of carbonyl (C=O) groups is 1. The van der Waals surface area contributed by atoms with Crippen molar-refractivity contribution < 1.29 is 14.5 Å². The number of nitro benzene ring substituents is 1. The van der Waals surface area contributed by atoms with Crippen molar-refractivity contribution in [3.8, 4) is 11.1 Å². The zero-order valence-corrected chi connectivity index (χ0v) is 16.1. The Labute approximate surface area is 163 Å². The van der Waals surface area contributed by atoms with Crippen molar-refractivity contribution >= 4 is 11.7 Å². The van der Waals surface area contributed by atoms with Gasteiger partial charge < -0.3 is 9.30 Å². The van der Waals surface area contributed by atoms with E-state index in [9.17, 15) is 14.9 Å². The molecule has 1 aromatic heterocycles. The summed E-state index contributed by atoms with van der Waals surface area (Å²) in [4.78, 5) is 23.2. The number of nitrogens with zero attached hydrogens (tertiary/aromatic N) is 2. The van der Waals surface area contributed by atoms with Crippen LogP contribution in [0, 0.1) is 24.0 Å². The van der Waals surface area contributed by atoms with Crippen molar-refractivity contribution in [1.82, 2.24) is 4.57 Å². The third-order valence-electron chi connectivity index (χ3n) is 4.81. The Hall–Kier alpha value is -3.41. The molecule has 2 aromatic carbocycles. The molecule has 0 amide bonds. The maximum Gasteiger partial charge on any atom is 0.340 e. The third-order valence-corrected chi connectivity index (χ3v) is 4.81. The molecule has 144 valence electrons. The van der Waals surface area contributed by atoms with Crippen LogP contribution in [0.4, 0.5) is 5.69 Å². The second-order valence-electron chi connectivity index (χ2n) is 6.52. The summed E-state index contributed by atoms with van der Waals surface area (Å²) in [5, 5.41) is 11.0. The lowest BCUT2D eigenvalue weighted by molar-refractivity contribution is -0.384. The van der Waals surface area contributed by atoms with Gasteiger partial charge in [0.2, 0.25) is 0 Å². The maximum absolute atomic E-state index is 12.7. The van der Waals surface area contributed by atoms with Crippen molar-refractivity contribution in [2.45, 2.75) is 27.3 Å². The van der Waals surface area contributed by atoms with E-state index in [1.165, 1.54) is 12.1 Å². The van der Waals surface area contributed by atoms with Crippen LogP contribution in [0.2, 0.25) is 0 Å². The highest BCUT2D eigenvalue weighted by Gasteiger charge is 2.25. The van der Waals surface area contributed by atoms with Crippen molar-refractivity contribution in [3.05, 3.63) is 87.2 Å². The highest BCUT2D eigenvalue weighted by molar-refractivity contribution is 5.99. The smallest absolute Gasteiger partial charge is 0.340 e. The van der Waals surface area contributed by atoms with Crippen molar-refractivity contribution in [2.24, 2.45) is 0 Å². The van der Waals surface area contributed by atoms with Crippen LogP contribution in [-0.4, -0.2) is 22.1 Å². The van der Waals surface area contributed by atoms with Gasteiger partial charge in [-0.2, -0.15) is 0 Å². The van der Waals surface area contributed by atoms with E-state index in [4.69, 9.17) is 4.74 Å². The molecule has 1 heterocycles. The third kappa shape index (κ3) is 3.67. The molecule has 6 nitrogen and oxygen atoms in total. The number of hydrogen-bond acceptors (Lipinski definition) is 4. The molecule has 0 aliphatic rings. The van der Waals surface area contributed by atoms with E-state index >= 15 is 0 Å². The van der Waals surface area contributed by atoms with Crippen LogP contribution in [0.1, 0.15) is 34.2 Å². The lowest BCUT2D eigenvalue weighted by Gasteiger charge is -2.10. The Morgan fingerprint density at radius 1 is 1.04 bits per heavy atom. The summed E-state index contributed by atoms with van der Waals surface area (Å²) in [6, 6.07) is 16.3. The summed E-state index contributed by atoms with van der Waals surface area (Å²) in [5.41, 5.74) is 4.87. The van der Waals surface area contributed by atoms with Crippen LogP contribution >= 0.6 is 0 Å². The largest absolute Gasteiger partial charge is 0.462 e. The van der Waals surface area contributed by atoms with Gasteiger partial charge >= 0.3 is 5.97 Å². The first-order chi connectivity index (χ1) is 13.4. The lowest BCUT2D eigenvalue weighted by atomic mass is 10.0. The van der Waals surface area contributed by atoms with Gasteiger partial charge in [0.1, 0.15) is 0 Å². The quantitative estimate of drug-likeness (QED) is 0.347. The molecule has 6 heteroatoms. The molecule has 0 unspecified atom stereocenters. The summed E-state index contributed by atoms with van der Waals surface area (Å²) < 4.78 is 7.37. The van der Waals surface area contributed by atoms with Gasteiger partial charge in [0, 0.05) is 35.6 Å². The van der Waals surface area contributed by atoms with E-state index in [2.05, 4.69) is 4.57 Å². The average Bonchev–Trinajstić information content (AvgIpc) is 2.94. The fourth-order valence-corrected chi connectivity index (χ4v) is 3.44. The van der Waals surface area contributed by atoms with E-state index in [1.54, 1.807) is 19.1 Å². The van der Waals surface area contributed by atoms with E-state index in [-0.39, 0.29) is 18.3 Å². The van der Waals surface area contributed by atoms with Gasteiger partial charge in [0.25, 0.3) is 5.69 Å². The number of aromatic nitrogens is 1. The van der Waals surface area contributed by atoms with Crippen molar-refractivity contribution in [1.29, 1.82) is 0 Å². The fraction of sp³-hybridized carbons (Fsp3) is 0.227. The van der Waals surface area contributed by atoms with E-state index in [0.29, 0.717) is 12.1 Å². The Morgan fingerprint density at radius 3 is 2.25 bits per heavy atom.